The summed E-state index contributed by atoms with van der Waals surface area (Å²) in [5, 5.41) is 17.5. The number of aliphatic imine (C=N–C) groups is 1. The van der Waals surface area contributed by atoms with Gasteiger partial charge in [0.15, 0.2) is 5.96 Å². The first-order valence-corrected chi connectivity index (χ1v) is 11.9. The summed E-state index contributed by atoms with van der Waals surface area (Å²) in [5.41, 5.74) is 1.80. The van der Waals surface area contributed by atoms with E-state index >= 15 is 0 Å². The Kier molecular flexibility index (Phi) is 9.58. The molecule has 0 saturated carbocycles. The van der Waals surface area contributed by atoms with Crippen molar-refractivity contribution in [3.05, 3.63) is 35.4 Å². The zero-order valence-electron chi connectivity index (χ0n) is 19.4. The fourth-order valence-electron chi connectivity index (χ4n) is 4.30. The molecule has 2 heterocycles. The summed E-state index contributed by atoms with van der Waals surface area (Å²) >= 11 is 0. The molecule has 2 aliphatic rings. The van der Waals surface area contributed by atoms with Crippen molar-refractivity contribution in [2.45, 2.75) is 51.8 Å². The summed E-state index contributed by atoms with van der Waals surface area (Å²) in [6, 6.07) is 8.63. The molecule has 2 aliphatic heterocycles. The molecule has 0 bridgehead atoms. The Morgan fingerprint density at radius 2 is 1.74 bits per heavy atom. The third kappa shape index (κ3) is 8.41. The lowest BCUT2D eigenvalue weighted by atomic mass is 10.1. The predicted molar refractivity (Wildman–Crippen MR) is 126 cm³/mol. The van der Waals surface area contributed by atoms with Crippen LogP contribution in [0.3, 0.4) is 0 Å². The fourth-order valence-corrected chi connectivity index (χ4v) is 4.30. The van der Waals surface area contributed by atoms with Crippen LogP contribution in [0.5, 0.6) is 0 Å². The number of ether oxygens (including phenoxy) is 1. The molecule has 0 amide bonds. The van der Waals surface area contributed by atoms with E-state index < -0.39 is 5.60 Å². The molecule has 1 aromatic rings. The van der Waals surface area contributed by atoms with Gasteiger partial charge in [-0.1, -0.05) is 30.7 Å². The maximum absolute atomic E-state index is 10.9. The second-order valence-electron chi connectivity index (χ2n) is 9.04. The van der Waals surface area contributed by atoms with E-state index in [1.54, 1.807) is 0 Å². The maximum atomic E-state index is 10.9. The number of β-amino-alcohol motifs (C(OH)–C–C–N with tert-alkyl or cyclic N) is 1. The zero-order valence-corrected chi connectivity index (χ0v) is 19.4. The molecule has 1 atom stereocenters. The lowest BCUT2D eigenvalue weighted by Gasteiger charge is -2.34. The number of piperidine rings is 1. The molecule has 0 spiro atoms. The van der Waals surface area contributed by atoms with Gasteiger partial charge in [0.05, 0.1) is 25.4 Å². The van der Waals surface area contributed by atoms with Crippen LogP contribution in [0.4, 0.5) is 0 Å². The number of hydrogen-bond donors (Lipinski definition) is 3. The minimum Gasteiger partial charge on any atom is -0.387 e. The molecule has 7 nitrogen and oxygen atoms in total. The predicted octanol–water partition coefficient (Wildman–Crippen LogP) is 1.81. The second kappa shape index (κ2) is 12.4. The molecule has 2 fully saturated rings. The third-order valence-electron chi connectivity index (χ3n) is 6.02. The Hall–Kier alpha value is -1.67. The highest BCUT2D eigenvalue weighted by atomic mass is 16.5. The van der Waals surface area contributed by atoms with Gasteiger partial charge in [-0.05, 0) is 50.9 Å². The Balaban J connectivity index is 1.56. The maximum Gasteiger partial charge on any atom is 0.191 e. The normalized spacial score (nSPS) is 20.9. The molecule has 1 aromatic carbocycles. The number of aliphatic hydroxyl groups is 1. The van der Waals surface area contributed by atoms with Crippen LogP contribution in [0, 0.1) is 0 Å². The van der Waals surface area contributed by atoms with Crippen LogP contribution in [0.25, 0.3) is 0 Å². The van der Waals surface area contributed by atoms with Crippen molar-refractivity contribution in [1.29, 1.82) is 0 Å². The van der Waals surface area contributed by atoms with E-state index in [1.165, 1.54) is 43.5 Å². The number of morpholine rings is 1. The van der Waals surface area contributed by atoms with E-state index in [-0.39, 0.29) is 0 Å². The molecule has 0 aliphatic carbocycles. The highest BCUT2D eigenvalue weighted by molar-refractivity contribution is 5.79. The quantitative estimate of drug-likeness (QED) is 0.409. The van der Waals surface area contributed by atoms with Gasteiger partial charge in [0.25, 0.3) is 0 Å². The van der Waals surface area contributed by atoms with Gasteiger partial charge in [-0.3, -0.25) is 9.80 Å². The Morgan fingerprint density at radius 3 is 2.45 bits per heavy atom. The summed E-state index contributed by atoms with van der Waals surface area (Å²) < 4.78 is 5.40. The van der Waals surface area contributed by atoms with Crippen LogP contribution in [-0.2, 0) is 17.8 Å². The standard InChI is InChI=1S/C24H41N5O2/c1-3-25-23(27-19-24(2,30)20-29-13-15-31-16-14-29)26-17-21-9-5-6-10-22(21)18-28-11-7-4-8-12-28/h5-6,9-10,30H,3-4,7-8,11-20H2,1-2H3,(H2,25,26,27). The number of guanidine groups is 1. The first kappa shape index (κ1) is 24.0. The molecule has 3 rings (SSSR count). The molecule has 1 unspecified atom stereocenters. The van der Waals surface area contributed by atoms with Crippen LogP contribution >= 0.6 is 0 Å². The Morgan fingerprint density at radius 1 is 1.03 bits per heavy atom. The Labute approximate surface area is 187 Å². The van der Waals surface area contributed by atoms with E-state index in [2.05, 4.69) is 51.6 Å². The smallest absolute Gasteiger partial charge is 0.191 e. The Bertz CT molecular complexity index is 682. The summed E-state index contributed by atoms with van der Waals surface area (Å²) in [6.07, 6.45) is 3.97. The molecule has 3 N–H and O–H groups in total. The number of benzene rings is 1. The highest BCUT2D eigenvalue weighted by Gasteiger charge is 2.25. The van der Waals surface area contributed by atoms with Crippen LogP contribution < -0.4 is 10.6 Å². The van der Waals surface area contributed by atoms with Crippen LogP contribution in [-0.4, -0.2) is 85.5 Å². The number of nitrogens with zero attached hydrogens (tertiary/aromatic N) is 3. The van der Waals surface area contributed by atoms with E-state index in [9.17, 15) is 5.11 Å². The summed E-state index contributed by atoms with van der Waals surface area (Å²) in [7, 11) is 0. The van der Waals surface area contributed by atoms with Crippen molar-refractivity contribution in [2.75, 3.05) is 59.0 Å². The third-order valence-corrected chi connectivity index (χ3v) is 6.02. The molecule has 7 heteroatoms. The van der Waals surface area contributed by atoms with E-state index in [4.69, 9.17) is 9.73 Å². The highest BCUT2D eigenvalue weighted by Crippen LogP contribution is 2.17. The van der Waals surface area contributed by atoms with Crippen molar-refractivity contribution in [3.8, 4) is 0 Å². The van der Waals surface area contributed by atoms with Crippen LogP contribution in [0.2, 0.25) is 0 Å². The topological polar surface area (TPSA) is 72.4 Å². The van der Waals surface area contributed by atoms with Gasteiger partial charge < -0.3 is 20.5 Å². The number of likely N-dealkylation sites (tertiary alicyclic amines) is 1. The average molecular weight is 432 g/mol. The van der Waals surface area contributed by atoms with Crippen molar-refractivity contribution in [1.82, 2.24) is 20.4 Å². The largest absolute Gasteiger partial charge is 0.387 e. The lowest BCUT2D eigenvalue weighted by molar-refractivity contribution is -0.0201. The SMILES string of the molecule is CCNC(=NCc1ccccc1CN1CCCCC1)NCC(C)(O)CN1CCOCC1. The summed E-state index contributed by atoms with van der Waals surface area (Å²) in [5.74, 6) is 0.748. The number of nitrogens with one attached hydrogen (secondary N) is 2. The minimum atomic E-state index is -0.834. The van der Waals surface area contributed by atoms with Gasteiger partial charge in [-0.25, -0.2) is 4.99 Å². The van der Waals surface area contributed by atoms with Crippen molar-refractivity contribution < 1.29 is 9.84 Å². The second-order valence-corrected chi connectivity index (χ2v) is 9.04. The molecule has 0 radical (unpaired) electrons. The molecular formula is C24H41N5O2. The monoisotopic (exact) mass is 431 g/mol. The van der Waals surface area contributed by atoms with Crippen LogP contribution in [0.15, 0.2) is 29.3 Å². The van der Waals surface area contributed by atoms with Crippen molar-refractivity contribution in [3.63, 3.8) is 0 Å². The van der Waals surface area contributed by atoms with Gasteiger partial charge in [-0.15, -0.1) is 0 Å². The van der Waals surface area contributed by atoms with Gasteiger partial charge in [0.1, 0.15) is 0 Å². The number of rotatable bonds is 9. The van der Waals surface area contributed by atoms with E-state index in [0.717, 1.165) is 45.4 Å². The molecule has 2 saturated heterocycles. The molecule has 31 heavy (non-hydrogen) atoms. The zero-order chi connectivity index (χ0) is 21.9. The molecule has 174 valence electrons. The van der Waals surface area contributed by atoms with E-state index in [1.807, 2.05) is 6.92 Å². The van der Waals surface area contributed by atoms with Crippen molar-refractivity contribution >= 4 is 5.96 Å². The number of hydrogen-bond acceptors (Lipinski definition) is 5. The lowest BCUT2D eigenvalue weighted by Crippen LogP contribution is -2.52. The first-order chi connectivity index (χ1) is 15.1. The van der Waals surface area contributed by atoms with Gasteiger partial charge in [0, 0.05) is 39.3 Å². The van der Waals surface area contributed by atoms with E-state index in [0.29, 0.717) is 19.6 Å². The summed E-state index contributed by atoms with van der Waals surface area (Å²) in [4.78, 5) is 9.63. The van der Waals surface area contributed by atoms with Crippen molar-refractivity contribution in [2.24, 2.45) is 4.99 Å². The van der Waals surface area contributed by atoms with Gasteiger partial charge in [0.2, 0.25) is 0 Å². The molecule has 0 aromatic heterocycles. The minimum absolute atomic E-state index is 0.450. The van der Waals surface area contributed by atoms with Gasteiger partial charge >= 0.3 is 0 Å². The van der Waals surface area contributed by atoms with Crippen LogP contribution in [0.1, 0.15) is 44.2 Å². The summed E-state index contributed by atoms with van der Waals surface area (Å²) in [6.45, 7) is 13.1. The average Bonchev–Trinajstić information content (AvgIpc) is 2.78. The fraction of sp³-hybridized carbons (Fsp3) is 0.708. The first-order valence-electron chi connectivity index (χ1n) is 11.9. The molecular weight excluding hydrogens is 390 g/mol. The van der Waals surface area contributed by atoms with Gasteiger partial charge in [-0.2, -0.15) is 0 Å².